The fourth-order valence-electron chi connectivity index (χ4n) is 2.27. The number of hydrogen-bond donors (Lipinski definition) is 1. The predicted octanol–water partition coefficient (Wildman–Crippen LogP) is 3.69. The molecule has 1 atom stereocenters. The fourth-order valence-corrected chi connectivity index (χ4v) is 2.27. The van der Waals surface area contributed by atoms with Gasteiger partial charge in [0.25, 0.3) is 0 Å². The molecule has 0 unspecified atom stereocenters. The van der Waals surface area contributed by atoms with Gasteiger partial charge in [-0.05, 0) is 23.3 Å². The Bertz CT molecular complexity index is 720. The van der Waals surface area contributed by atoms with E-state index in [0.29, 0.717) is 11.7 Å². The van der Waals surface area contributed by atoms with Crippen molar-refractivity contribution in [2.75, 3.05) is 0 Å². The molecule has 0 saturated carbocycles. The van der Waals surface area contributed by atoms with Crippen LogP contribution in [0.1, 0.15) is 31.7 Å². The Labute approximate surface area is 117 Å². The second-order valence-corrected chi connectivity index (χ2v) is 4.91. The number of nitrogens with two attached hydrogens (primary N) is 1. The predicted molar refractivity (Wildman–Crippen MR) is 79.1 cm³/mol. The number of nitrogens with zero attached hydrogens (tertiary/aromatic N) is 2. The molecule has 0 saturated heterocycles. The van der Waals surface area contributed by atoms with E-state index in [2.05, 4.69) is 41.3 Å². The third kappa shape index (κ3) is 2.42. The summed E-state index contributed by atoms with van der Waals surface area (Å²) in [7, 11) is 0. The zero-order chi connectivity index (χ0) is 13.9. The maximum Gasteiger partial charge on any atom is 0.243 e. The fraction of sp³-hybridized carbons (Fsp3) is 0.250. The van der Waals surface area contributed by atoms with Gasteiger partial charge in [0.05, 0.1) is 6.04 Å². The van der Waals surface area contributed by atoms with E-state index in [4.69, 9.17) is 10.3 Å². The maximum absolute atomic E-state index is 5.99. The number of aromatic nitrogens is 2. The van der Waals surface area contributed by atoms with E-state index in [1.165, 1.54) is 5.39 Å². The van der Waals surface area contributed by atoms with Crippen LogP contribution < -0.4 is 5.73 Å². The summed E-state index contributed by atoms with van der Waals surface area (Å²) in [5, 5.41) is 6.39. The summed E-state index contributed by atoms with van der Waals surface area (Å²) >= 11 is 0. The molecule has 0 spiro atoms. The largest absolute Gasteiger partial charge is 0.337 e. The van der Waals surface area contributed by atoms with Gasteiger partial charge < -0.3 is 10.3 Å². The molecule has 1 aromatic heterocycles. The van der Waals surface area contributed by atoms with E-state index in [9.17, 15) is 0 Å². The second kappa shape index (κ2) is 5.43. The molecule has 102 valence electrons. The van der Waals surface area contributed by atoms with Crippen LogP contribution in [0.15, 0.2) is 47.0 Å². The van der Waals surface area contributed by atoms with Crippen molar-refractivity contribution in [3.63, 3.8) is 0 Å². The quantitative estimate of drug-likeness (QED) is 0.783. The van der Waals surface area contributed by atoms with E-state index in [1.54, 1.807) is 0 Å². The first-order valence-corrected chi connectivity index (χ1v) is 6.86. The molecule has 3 aromatic rings. The normalized spacial score (nSPS) is 12.7. The molecule has 20 heavy (non-hydrogen) atoms. The molecule has 4 heteroatoms. The molecule has 2 aromatic carbocycles. The van der Waals surface area contributed by atoms with Crippen molar-refractivity contribution in [2.45, 2.75) is 25.8 Å². The molecule has 2 N–H and O–H groups in total. The van der Waals surface area contributed by atoms with Gasteiger partial charge in [-0.3, -0.25) is 0 Å². The van der Waals surface area contributed by atoms with Gasteiger partial charge in [0.2, 0.25) is 11.7 Å². The molecule has 0 aliphatic carbocycles. The van der Waals surface area contributed by atoms with Crippen LogP contribution in [-0.2, 0) is 0 Å². The molecule has 0 aliphatic rings. The molecular formula is C16H17N3O. The highest BCUT2D eigenvalue weighted by Gasteiger charge is 2.14. The summed E-state index contributed by atoms with van der Waals surface area (Å²) in [6.07, 6.45) is 1.84. The topological polar surface area (TPSA) is 64.9 Å². The minimum Gasteiger partial charge on any atom is -0.337 e. The van der Waals surface area contributed by atoms with Crippen LogP contribution in [0.4, 0.5) is 0 Å². The lowest BCUT2D eigenvalue weighted by atomic mass is 10.1. The van der Waals surface area contributed by atoms with Crippen LogP contribution in [-0.4, -0.2) is 10.1 Å². The Morgan fingerprint density at radius 3 is 2.75 bits per heavy atom. The Balaban J connectivity index is 1.94. The van der Waals surface area contributed by atoms with Crippen LogP contribution in [0.3, 0.4) is 0 Å². The molecule has 0 bridgehead atoms. The van der Waals surface area contributed by atoms with Crippen LogP contribution in [0.5, 0.6) is 0 Å². The van der Waals surface area contributed by atoms with Crippen molar-refractivity contribution in [2.24, 2.45) is 5.73 Å². The van der Waals surface area contributed by atoms with Gasteiger partial charge in [0, 0.05) is 5.56 Å². The summed E-state index contributed by atoms with van der Waals surface area (Å²) in [6.45, 7) is 2.08. The van der Waals surface area contributed by atoms with Gasteiger partial charge in [0.1, 0.15) is 0 Å². The SMILES string of the molecule is CCC[C@H](N)c1nc(-c2ccc3ccccc3c2)no1. The van der Waals surface area contributed by atoms with Gasteiger partial charge in [0.15, 0.2) is 0 Å². The summed E-state index contributed by atoms with van der Waals surface area (Å²) in [6, 6.07) is 14.1. The number of benzene rings is 2. The van der Waals surface area contributed by atoms with Crippen molar-refractivity contribution >= 4 is 10.8 Å². The molecule has 1 heterocycles. The Hall–Kier alpha value is -2.20. The van der Waals surface area contributed by atoms with E-state index in [0.717, 1.165) is 23.8 Å². The number of fused-ring (bicyclic) bond motifs is 1. The molecule has 4 nitrogen and oxygen atoms in total. The molecule has 0 radical (unpaired) electrons. The average Bonchev–Trinajstić information content (AvgIpc) is 2.97. The van der Waals surface area contributed by atoms with E-state index in [1.807, 2.05) is 18.2 Å². The number of rotatable bonds is 4. The second-order valence-electron chi connectivity index (χ2n) is 4.91. The molecule has 0 fully saturated rings. The highest BCUT2D eigenvalue weighted by atomic mass is 16.5. The van der Waals surface area contributed by atoms with Gasteiger partial charge >= 0.3 is 0 Å². The standard InChI is InChI=1S/C16H17N3O/c1-2-5-14(17)16-18-15(19-20-16)13-9-8-11-6-3-4-7-12(11)10-13/h3-4,6-10,14H,2,5,17H2,1H3/t14-/m0/s1. The molecule has 0 amide bonds. The monoisotopic (exact) mass is 267 g/mol. The van der Waals surface area contributed by atoms with Crippen molar-refractivity contribution in [3.05, 3.63) is 48.4 Å². The summed E-state index contributed by atoms with van der Waals surface area (Å²) < 4.78 is 5.26. The van der Waals surface area contributed by atoms with E-state index < -0.39 is 0 Å². The first kappa shape index (κ1) is 12.8. The summed E-state index contributed by atoms with van der Waals surface area (Å²) in [5.74, 6) is 1.10. The zero-order valence-corrected chi connectivity index (χ0v) is 11.4. The smallest absolute Gasteiger partial charge is 0.243 e. The lowest BCUT2D eigenvalue weighted by molar-refractivity contribution is 0.348. The average molecular weight is 267 g/mol. The van der Waals surface area contributed by atoms with Crippen LogP contribution in [0.25, 0.3) is 22.2 Å². The number of hydrogen-bond acceptors (Lipinski definition) is 4. The van der Waals surface area contributed by atoms with Crippen molar-refractivity contribution in [1.29, 1.82) is 0 Å². The van der Waals surface area contributed by atoms with Gasteiger partial charge in [-0.2, -0.15) is 4.98 Å². The third-order valence-corrected chi connectivity index (χ3v) is 3.37. The zero-order valence-electron chi connectivity index (χ0n) is 11.4. The first-order valence-electron chi connectivity index (χ1n) is 6.86. The molecule has 0 aliphatic heterocycles. The van der Waals surface area contributed by atoms with E-state index >= 15 is 0 Å². The molecule has 3 rings (SSSR count). The van der Waals surface area contributed by atoms with Crippen LogP contribution in [0, 0.1) is 0 Å². The maximum atomic E-state index is 5.99. The lowest BCUT2D eigenvalue weighted by Gasteiger charge is -2.02. The minimum absolute atomic E-state index is 0.179. The Kier molecular flexibility index (Phi) is 3.48. The minimum atomic E-state index is -0.179. The van der Waals surface area contributed by atoms with Gasteiger partial charge in [-0.1, -0.05) is 54.9 Å². The molecular weight excluding hydrogens is 250 g/mol. The first-order chi connectivity index (χ1) is 9.78. The highest BCUT2D eigenvalue weighted by molar-refractivity contribution is 5.86. The Morgan fingerprint density at radius 1 is 1.15 bits per heavy atom. The van der Waals surface area contributed by atoms with Gasteiger partial charge in [-0.15, -0.1) is 0 Å². The summed E-state index contributed by atoms with van der Waals surface area (Å²) in [4.78, 5) is 4.40. The highest BCUT2D eigenvalue weighted by Crippen LogP contribution is 2.23. The van der Waals surface area contributed by atoms with Crippen LogP contribution >= 0.6 is 0 Å². The van der Waals surface area contributed by atoms with Crippen LogP contribution in [0.2, 0.25) is 0 Å². The Morgan fingerprint density at radius 2 is 1.95 bits per heavy atom. The van der Waals surface area contributed by atoms with Crippen molar-refractivity contribution in [1.82, 2.24) is 10.1 Å². The summed E-state index contributed by atoms with van der Waals surface area (Å²) in [5.41, 5.74) is 6.94. The lowest BCUT2D eigenvalue weighted by Crippen LogP contribution is -2.09. The van der Waals surface area contributed by atoms with Crippen molar-refractivity contribution in [3.8, 4) is 11.4 Å². The van der Waals surface area contributed by atoms with Crippen molar-refractivity contribution < 1.29 is 4.52 Å². The third-order valence-electron chi connectivity index (χ3n) is 3.37. The van der Waals surface area contributed by atoms with Gasteiger partial charge in [-0.25, -0.2) is 0 Å². The van der Waals surface area contributed by atoms with E-state index in [-0.39, 0.29) is 6.04 Å².